The Bertz CT molecular complexity index is 442. The van der Waals surface area contributed by atoms with Gasteiger partial charge in [-0.25, -0.2) is 0 Å². The lowest BCUT2D eigenvalue weighted by molar-refractivity contribution is -0.430. The first-order valence-corrected chi connectivity index (χ1v) is 7.38. The first kappa shape index (κ1) is 15.0. The molecule has 5 nitrogen and oxygen atoms in total. The third-order valence-corrected chi connectivity index (χ3v) is 4.39. The van der Waals surface area contributed by atoms with Crippen LogP contribution in [0.2, 0.25) is 0 Å². The summed E-state index contributed by atoms with van der Waals surface area (Å²) >= 11 is 0. The van der Waals surface area contributed by atoms with E-state index in [0.717, 1.165) is 38.9 Å². The maximum absolute atomic E-state index is 11.0. The van der Waals surface area contributed by atoms with Gasteiger partial charge in [0.05, 0.1) is 4.92 Å². The molecule has 1 atom stereocenters. The first-order chi connectivity index (χ1) is 9.42. The van der Waals surface area contributed by atoms with Gasteiger partial charge in [0, 0.05) is 36.7 Å². The van der Waals surface area contributed by atoms with E-state index in [4.69, 9.17) is 0 Å². The molecule has 2 aliphatic rings. The van der Waals surface area contributed by atoms with Crippen molar-refractivity contribution >= 4 is 0 Å². The highest BCUT2D eigenvalue weighted by atomic mass is 16.6. The molecule has 2 rings (SSSR count). The molecule has 5 heteroatoms. The molecule has 1 aliphatic heterocycles. The zero-order chi connectivity index (χ0) is 14.8. The van der Waals surface area contributed by atoms with Gasteiger partial charge in [-0.15, -0.1) is 0 Å². The van der Waals surface area contributed by atoms with Crippen molar-refractivity contribution in [3.8, 4) is 0 Å². The molecule has 0 bridgehead atoms. The average Bonchev–Trinajstić information content (AvgIpc) is 2.36. The fourth-order valence-corrected chi connectivity index (χ4v) is 3.35. The molecule has 1 aliphatic carbocycles. The van der Waals surface area contributed by atoms with Gasteiger partial charge in [-0.3, -0.25) is 10.1 Å². The number of hydrogen-bond acceptors (Lipinski definition) is 4. The Morgan fingerprint density at radius 2 is 2.20 bits per heavy atom. The van der Waals surface area contributed by atoms with E-state index in [1.54, 1.807) is 6.08 Å². The van der Waals surface area contributed by atoms with Crippen LogP contribution in [0.15, 0.2) is 23.5 Å². The van der Waals surface area contributed by atoms with E-state index in [2.05, 4.69) is 30.8 Å². The summed E-state index contributed by atoms with van der Waals surface area (Å²) in [7, 11) is 4.18. The van der Waals surface area contributed by atoms with Gasteiger partial charge in [0.25, 0.3) is 0 Å². The quantitative estimate of drug-likeness (QED) is 0.573. The normalized spacial score (nSPS) is 26.1. The topological polar surface area (TPSA) is 49.6 Å². The number of fused-ring (bicyclic) bond motifs is 1. The highest BCUT2D eigenvalue weighted by Crippen LogP contribution is 2.45. The zero-order valence-electron chi connectivity index (χ0n) is 12.8. The Kier molecular flexibility index (Phi) is 4.48. The minimum absolute atomic E-state index is 0.0481. The lowest BCUT2D eigenvalue weighted by Gasteiger charge is -2.45. The molecule has 0 aromatic carbocycles. The summed E-state index contributed by atoms with van der Waals surface area (Å²) in [4.78, 5) is 15.4. The maximum Gasteiger partial charge on any atom is 0.247 e. The monoisotopic (exact) mass is 279 g/mol. The second kappa shape index (κ2) is 5.95. The van der Waals surface area contributed by atoms with Crippen molar-refractivity contribution in [1.29, 1.82) is 0 Å². The minimum Gasteiger partial charge on any atom is -0.374 e. The van der Waals surface area contributed by atoms with Gasteiger partial charge >= 0.3 is 0 Å². The molecule has 0 N–H and O–H groups in total. The van der Waals surface area contributed by atoms with E-state index in [1.165, 1.54) is 5.70 Å². The Labute approximate surface area is 121 Å². The number of allylic oxidation sites excluding steroid dienone is 4. The fraction of sp³-hybridized carbons (Fsp3) is 0.733. The van der Waals surface area contributed by atoms with Gasteiger partial charge in [0.2, 0.25) is 5.70 Å². The van der Waals surface area contributed by atoms with Gasteiger partial charge in [-0.2, -0.15) is 0 Å². The zero-order valence-corrected chi connectivity index (χ0v) is 12.8. The largest absolute Gasteiger partial charge is 0.374 e. The summed E-state index contributed by atoms with van der Waals surface area (Å²) in [6.07, 6.45) is 7.55. The summed E-state index contributed by atoms with van der Waals surface area (Å²) in [6.45, 7) is 5.38. The minimum atomic E-state index is -0.233. The van der Waals surface area contributed by atoms with Crippen molar-refractivity contribution in [3.63, 3.8) is 0 Å². The van der Waals surface area contributed by atoms with E-state index in [9.17, 15) is 10.1 Å². The number of rotatable bonds is 5. The number of hydrogen-bond donors (Lipinski definition) is 0. The molecule has 1 fully saturated rings. The number of piperidine rings is 1. The van der Waals surface area contributed by atoms with Crippen LogP contribution in [0.1, 0.15) is 32.6 Å². The molecule has 1 heterocycles. The van der Waals surface area contributed by atoms with Crippen LogP contribution in [0.5, 0.6) is 0 Å². The number of nitrogens with zero attached hydrogens (tertiary/aromatic N) is 3. The molecule has 20 heavy (non-hydrogen) atoms. The predicted molar refractivity (Wildman–Crippen MR) is 79.9 cm³/mol. The Hall–Kier alpha value is -1.36. The van der Waals surface area contributed by atoms with Crippen LogP contribution in [0, 0.1) is 15.5 Å². The predicted octanol–water partition coefficient (Wildman–Crippen LogP) is 2.49. The first-order valence-electron chi connectivity index (χ1n) is 7.38. The van der Waals surface area contributed by atoms with E-state index < -0.39 is 0 Å². The summed E-state index contributed by atoms with van der Waals surface area (Å²) < 4.78 is 0. The van der Waals surface area contributed by atoms with Crippen molar-refractivity contribution in [3.05, 3.63) is 33.7 Å². The van der Waals surface area contributed by atoms with E-state index in [1.807, 2.05) is 6.08 Å². The molecular formula is C15H25N3O2. The van der Waals surface area contributed by atoms with E-state index >= 15 is 0 Å². The Morgan fingerprint density at radius 1 is 1.45 bits per heavy atom. The highest BCUT2D eigenvalue weighted by molar-refractivity contribution is 5.28. The molecule has 0 saturated carbocycles. The van der Waals surface area contributed by atoms with Crippen molar-refractivity contribution in [2.45, 2.75) is 32.6 Å². The summed E-state index contributed by atoms with van der Waals surface area (Å²) in [5, 5.41) is 11.0. The Balaban J connectivity index is 2.10. The fourth-order valence-electron chi connectivity index (χ4n) is 3.35. The smallest absolute Gasteiger partial charge is 0.247 e. The average molecular weight is 279 g/mol. The standard InChI is InChI=1S/C15H25N3O2/c1-15-8-4-10-17(11-5-9-16(2)3)14(15)7-6-13(12-15)18(19)20/h6-7H,4-5,8-12H2,1-3H3. The summed E-state index contributed by atoms with van der Waals surface area (Å²) in [5.41, 5.74) is 1.60. The molecule has 1 saturated heterocycles. The van der Waals surface area contributed by atoms with Crippen LogP contribution in [-0.4, -0.2) is 48.5 Å². The van der Waals surface area contributed by atoms with Crippen molar-refractivity contribution < 1.29 is 4.92 Å². The highest BCUT2D eigenvalue weighted by Gasteiger charge is 2.40. The van der Waals surface area contributed by atoms with Crippen LogP contribution in [0.4, 0.5) is 0 Å². The molecule has 0 spiro atoms. The molecule has 0 aromatic heterocycles. The van der Waals surface area contributed by atoms with Crippen LogP contribution >= 0.6 is 0 Å². The van der Waals surface area contributed by atoms with Crippen molar-refractivity contribution in [2.75, 3.05) is 33.7 Å². The lowest BCUT2D eigenvalue weighted by atomic mass is 9.72. The molecule has 0 aromatic rings. The van der Waals surface area contributed by atoms with Crippen LogP contribution in [0.3, 0.4) is 0 Å². The van der Waals surface area contributed by atoms with Crippen LogP contribution in [0.25, 0.3) is 0 Å². The van der Waals surface area contributed by atoms with Crippen LogP contribution < -0.4 is 0 Å². The summed E-state index contributed by atoms with van der Waals surface area (Å²) in [5.74, 6) is 0. The van der Waals surface area contributed by atoms with Gasteiger partial charge in [-0.05, 0) is 46.0 Å². The summed E-state index contributed by atoms with van der Waals surface area (Å²) in [6, 6.07) is 0. The molecular weight excluding hydrogens is 254 g/mol. The van der Waals surface area contributed by atoms with Crippen molar-refractivity contribution in [2.24, 2.45) is 5.41 Å². The lowest BCUT2D eigenvalue weighted by Crippen LogP contribution is -2.42. The van der Waals surface area contributed by atoms with Gasteiger partial charge in [0.1, 0.15) is 0 Å². The Morgan fingerprint density at radius 3 is 2.85 bits per heavy atom. The van der Waals surface area contributed by atoms with E-state index in [-0.39, 0.29) is 10.3 Å². The van der Waals surface area contributed by atoms with Gasteiger partial charge in [0.15, 0.2) is 0 Å². The molecule has 112 valence electrons. The molecule has 0 amide bonds. The number of likely N-dealkylation sites (tertiary alicyclic amines) is 1. The maximum atomic E-state index is 11.0. The second-order valence-electron chi connectivity index (χ2n) is 6.45. The second-order valence-corrected chi connectivity index (χ2v) is 6.45. The number of nitro groups is 1. The molecule has 0 radical (unpaired) electrons. The third-order valence-electron chi connectivity index (χ3n) is 4.39. The SMILES string of the molecule is CN(C)CCCN1CCCC2(C)CC([N+](=O)[O-])=CC=C12. The van der Waals surface area contributed by atoms with E-state index in [0.29, 0.717) is 12.1 Å². The van der Waals surface area contributed by atoms with Gasteiger partial charge in [-0.1, -0.05) is 6.92 Å². The van der Waals surface area contributed by atoms with Crippen molar-refractivity contribution in [1.82, 2.24) is 9.80 Å². The third kappa shape index (κ3) is 3.20. The molecule has 1 unspecified atom stereocenters. The van der Waals surface area contributed by atoms with Gasteiger partial charge < -0.3 is 9.80 Å². The van der Waals surface area contributed by atoms with Crippen LogP contribution in [-0.2, 0) is 0 Å².